The average molecular weight is 488 g/mol. The molecule has 9 heteroatoms. The molecular formula is C25H33N3O5S. The van der Waals surface area contributed by atoms with E-state index >= 15 is 0 Å². The maximum atomic E-state index is 13.0. The second-order valence-corrected chi connectivity index (χ2v) is 10.6. The molecule has 0 bridgehead atoms. The number of hydrogen-bond donors (Lipinski definition) is 2. The molecule has 0 aliphatic heterocycles. The van der Waals surface area contributed by atoms with Crippen molar-refractivity contribution in [2.45, 2.75) is 62.4 Å². The van der Waals surface area contributed by atoms with Gasteiger partial charge >= 0.3 is 0 Å². The highest BCUT2D eigenvalue weighted by Crippen LogP contribution is 2.27. The second-order valence-electron chi connectivity index (χ2n) is 8.62. The molecule has 0 radical (unpaired) electrons. The molecule has 1 atom stereocenters. The lowest BCUT2D eigenvalue weighted by atomic mass is 9.96. The summed E-state index contributed by atoms with van der Waals surface area (Å²) in [5.41, 5.74) is 1.26. The second kappa shape index (κ2) is 11.5. The number of anilines is 1. The summed E-state index contributed by atoms with van der Waals surface area (Å²) in [6.45, 7) is 1.40. The normalized spacial score (nSPS) is 15.5. The van der Waals surface area contributed by atoms with Crippen LogP contribution < -0.4 is 15.4 Å². The minimum atomic E-state index is -3.60. The summed E-state index contributed by atoms with van der Waals surface area (Å²) in [5.74, 6) is 0.133. The predicted molar refractivity (Wildman–Crippen MR) is 131 cm³/mol. The van der Waals surface area contributed by atoms with Crippen LogP contribution in [0.5, 0.6) is 5.75 Å². The van der Waals surface area contributed by atoms with E-state index in [2.05, 4.69) is 10.6 Å². The van der Waals surface area contributed by atoms with Gasteiger partial charge in [0, 0.05) is 25.7 Å². The van der Waals surface area contributed by atoms with Gasteiger partial charge in [0.05, 0.1) is 24.5 Å². The Labute approximate surface area is 201 Å². The molecule has 2 N–H and O–H groups in total. The van der Waals surface area contributed by atoms with Gasteiger partial charge in [0.15, 0.2) is 0 Å². The van der Waals surface area contributed by atoms with Crippen LogP contribution in [0.3, 0.4) is 0 Å². The third kappa shape index (κ3) is 6.57. The molecule has 184 valence electrons. The summed E-state index contributed by atoms with van der Waals surface area (Å²) in [7, 11) is -0.386. The fourth-order valence-electron chi connectivity index (χ4n) is 4.25. The minimum Gasteiger partial charge on any atom is -0.497 e. The summed E-state index contributed by atoms with van der Waals surface area (Å²) in [6.07, 6.45) is 5.04. The van der Waals surface area contributed by atoms with Crippen molar-refractivity contribution >= 4 is 27.5 Å². The van der Waals surface area contributed by atoms with Crippen LogP contribution in [0.2, 0.25) is 0 Å². The first-order valence-electron chi connectivity index (χ1n) is 11.5. The van der Waals surface area contributed by atoms with Crippen molar-refractivity contribution in [1.29, 1.82) is 0 Å². The third-order valence-corrected chi connectivity index (χ3v) is 8.11. The van der Waals surface area contributed by atoms with E-state index in [1.165, 1.54) is 23.4 Å². The predicted octanol–water partition coefficient (Wildman–Crippen LogP) is 3.85. The Hall–Kier alpha value is -2.91. The van der Waals surface area contributed by atoms with Crippen molar-refractivity contribution in [3.63, 3.8) is 0 Å². The molecule has 1 aliphatic rings. The molecule has 0 heterocycles. The lowest BCUT2D eigenvalue weighted by Gasteiger charge is -2.30. The van der Waals surface area contributed by atoms with Crippen LogP contribution >= 0.6 is 0 Å². The number of carbonyl (C=O) groups excluding carboxylic acids is 2. The molecule has 8 nitrogen and oxygen atoms in total. The Morgan fingerprint density at radius 3 is 2.21 bits per heavy atom. The Bertz CT molecular complexity index is 1080. The monoisotopic (exact) mass is 487 g/mol. The molecule has 1 saturated carbocycles. The van der Waals surface area contributed by atoms with Gasteiger partial charge in [-0.1, -0.05) is 31.4 Å². The SMILES string of the molecule is COc1ccc([C@@H](CC(=O)Nc2ccc(S(=O)(=O)N(C)C3CCCCC3)cc2)NC(C)=O)cc1. The fraction of sp³-hybridized carbons (Fsp3) is 0.440. The zero-order chi connectivity index (χ0) is 24.7. The van der Waals surface area contributed by atoms with E-state index in [-0.39, 0.29) is 29.2 Å². The molecule has 0 aromatic heterocycles. The average Bonchev–Trinajstić information content (AvgIpc) is 2.83. The first kappa shape index (κ1) is 25.7. The van der Waals surface area contributed by atoms with E-state index in [0.29, 0.717) is 11.4 Å². The van der Waals surface area contributed by atoms with Gasteiger partial charge in [0.2, 0.25) is 21.8 Å². The van der Waals surface area contributed by atoms with Crippen LogP contribution in [0.1, 0.15) is 57.1 Å². The van der Waals surface area contributed by atoms with Gasteiger partial charge in [0.1, 0.15) is 5.75 Å². The van der Waals surface area contributed by atoms with Gasteiger partial charge in [-0.15, -0.1) is 0 Å². The van der Waals surface area contributed by atoms with Crippen LogP contribution in [-0.4, -0.2) is 44.7 Å². The zero-order valence-corrected chi connectivity index (χ0v) is 20.7. The van der Waals surface area contributed by atoms with Gasteiger partial charge in [-0.05, 0) is 54.8 Å². The molecule has 3 rings (SSSR count). The number of amides is 2. The fourth-order valence-corrected chi connectivity index (χ4v) is 5.66. The van der Waals surface area contributed by atoms with Crippen LogP contribution in [0, 0.1) is 0 Å². The summed E-state index contributed by atoms with van der Waals surface area (Å²) >= 11 is 0. The molecule has 1 fully saturated rings. The van der Waals surface area contributed by atoms with E-state index in [4.69, 9.17) is 4.74 Å². The molecule has 2 aromatic carbocycles. The van der Waals surface area contributed by atoms with E-state index in [1.54, 1.807) is 50.6 Å². The maximum Gasteiger partial charge on any atom is 0.243 e. The van der Waals surface area contributed by atoms with Crippen LogP contribution in [0.25, 0.3) is 0 Å². The lowest BCUT2D eigenvalue weighted by molar-refractivity contribution is -0.120. The number of nitrogens with one attached hydrogen (secondary N) is 2. The largest absolute Gasteiger partial charge is 0.497 e. The third-order valence-electron chi connectivity index (χ3n) is 6.19. The van der Waals surface area contributed by atoms with E-state index < -0.39 is 16.1 Å². The first-order chi connectivity index (χ1) is 16.2. The molecule has 0 spiro atoms. The van der Waals surface area contributed by atoms with Crippen molar-refractivity contribution in [1.82, 2.24) is 9.62 Å². The zero-order valence-electron chi connectivity index (χ0n) is 19.9. The Morgan fingerprint density at radius 2 is 1.65 bits per heavy atom. The smallest absolute Gasteiger partial charge is 0.243 e. The summed E-state index contributed by atoms with van der Waals surface area (Å²) < 4.78 is 32.6. The molecule has 34 heavy (non-hydrogen) atoms. The van der Waals surface area contributed by atoms with Gasteiger partial charge < -0.3 is 15.4 Å². The number of ether oxygens (including phenoxy) is 1. The molecule has 0 saturated heterocycles. The van der Waals surface area contributed by atoms with Crippen molar-refractivity contribution in [2.24, 2.45) is 0 Å². The number of sulfonamides is 1. The highest BCUT2D eigenvalue weighted by Gasteiger charge is 2.29. The van der Waals surface area contributed by atoms with Crippen molar-refractivity contribution < 1.29 is 22.7 Å². The molecule has 2 aromatic rings. The van der Waals surface area contributed by atoms with Crippen molar-refractivity contribution in [2.75, 3.05) is 19.5 Å². The standard InChI is InChI=1S/C25H33N3O5S/c1-18(29)26-24(19-9-13-22(33-3)14-10-19)17-25(30)27-20-11-15-23(16-12-20)34(31,32)28(2)21-7-5-4-6-8-21/h9-16,21,24H,4-8,17H2,1-3H3,(H,26,29)(H,27,30)/t24-/m1/s1. The molecule has 1 aliphatic carbocycles. The minimum absolute atomic E-state index is 0.0242. The summed E-state index contributed by atoms with van der Waals surface area (Å²) in [4.78, 5) is 24.5. The van der Waals surface area contributed by atoms with Crippen molar-refractivity contribution in [3.05, 3.63) is 54.1 Å². The maximum absolute atomic E-state index is 13.0. The number of benzene rings is 2. The quantitative estimate of drug-likeness (QED) is 0.559. The van der Waals surface area contributed by atoms with Crippen LogP contribution in [0.4, 0.5) is 5.69 Å². The van der Waals surface area contributed by atoms with Crippen LogP contribution in [0.15, 0.2) is 53.4 Å². The topological polar surface area (TPSA) is 105 Å². The Kier molecular flexibility index (Phi) is 8.68. The number of carbonyl (C=O) groups is 2. The number of nitrogens with zero attached hydrogens (tertiary/aromatic N) is 1. The van der Waals surface area contributed by atoms with Gasteiger partial charge in [-0.3, -0.25) is 9.59 Å². The van der Waals surface area contributed by atoms with E-state index in [0.717, 1.165) is 37.7 Å². The molecule has 0 unspecified atom stereocenters. The summed E-state index contributed by atoms with van der Waals surface area (Å²) in [5, 5.41) is 5.58. The van der Waals surface area contributed by atoms with Crippen molar-refractivity contribution in [3.8, 4) is 5.75 Å². The van der Waals surface area contributed by atoms with Gasteiger partial charge in [-0.25, -0.2) is 8.42 Å². The number of hydrogen-bond acceptors (Lipinski definition) is 5. The lowest BCUT2D eigenvalue weighted by Crippen LogP contribution is -2.38. The molecular weight excluding hydrogens is 454 g/mol. The van der Waals surface area contributed by atoms with E-state index in [9.17, 15) is 18.0 Å². The highest BCUT2D eigenvalue weighted by molar-refractivity contribution is 7.89. The Morgan fingerprint density at radius 1 is 1.03 bits per heavy atom. The van der Waals surface area contributed by atoms with E-state index in [1.807, 2.05) is 0 Å². The first-order valence-corrected chi connectivity index (χ1v) is 12.9. The van der Waals surface area contributed by atoms with Gasteiger partial charge in [0.25, 0.3) is 0 Å². The van der Waals surface area contributed by atoms with Gasteiger partial charge in [-0.2, -0.15) is 4.31 Å². The molecule has 2 amide bonds. The number of rotatable bonds is 9. The highest BCUT2D eigenvalue weighted by atomic mass is 32.2. The van der Waals surface area contributed by atoms with Crippen LogP contribution in [-0.2, 0) is 19.6 Å². The summed E-state index contributed by atoms with van der Waals surface area (Å²) in [6, 6.07) is 12.9. The Balaban J connectivity index is 1.66. The number of methoxy groups -OCH3 is 1.